The Hall–Kier alpha value is -1.36. The number of rotatable bonds is 5. The van der Waals surface area contributed by atoms with E-state index in [1.54, 1.807) is 6.20 Å². The largest absolute Gasteiger partial charge is 0.481 e. The molecule has 2 heterocycles. The molecule has 5 nitrogen and oxygen atoms in total. The van der Waals surface area contributed by atoms with Gasteiger partial charge >= 0.3 is 5.97 Å². The van der Waals surface area contributed by atoms with Gasteiger partial charge in [0.2, 0.25) is 0 Å². The van der Waals surface area contributed by atoms with Crippen LogP contribution < -0.4 is 0 Å². The van der Waals surface area contributed by atoms with E-state index >= 15 is 0 Å². The average Bonchev–Trinajstić information content (AvgIpc) is 2.87. The summed E-state index contributed by atoms with van der Waals surface area (Å²) in [5.41, 5.74) is 0. The SMILES string of the molecule is CN1CCCC1Cc1ncc(CCC(=O)O)o1. The van der Waals surface area contributed by atoms with Crippen LogP contribution in [0.4, 0.5) is 0 Å². The zero-order valence-corrected chi connectivity index (χ0v) is 10.1. The molecule has 5 heteroatoms. The van der Waals surface area contributed by atoms with E-state index in [1.165, 1.54) is 12.8 Å². The summed E-state index contributed by atoms with van der Waals surface area (Å²) >= 11 is 0. The quantitative estimate of drug-likeness (QED) is 0.838. The van der Waals surface area contributed by atoms with Gasteiger partial charge in [-0.2, -0.15) is 0 Å². The van der Waals surface area contributed by atoms with Crippen molar-refractivity contribution in [3.63, 3.8) is 0 Å². The van der Waals surface area contributed by atoms with Crippen molar-refractivity contribution in [1.82, 2.24) is 9.88 Å². The molecule has 0 aliphatic carbocycles. The third-order valence-electron chi connectivity index (χ3n) is 3.27. The van der Waals surface area contributed by atoms with Crippen LogP contribution in [0.3, 0.4) is 0 Å². The van der Waals surface area contributed by atoms with Gasteiger partial charge in [-0.15, -0.1) is 0 Å². The lowest BCUT2D eigenvalue weighted by Gasteiger charge is -2.17. The molecule has 0 bridgehead atoms. The van der Waals surface area contributed by atoms with Crippen molar-refractivity contribution in [2.24, 2.45) is 0 Å². The number of likely N-dealkylation sites (N-methyl/N-ethyl adjacent to an activating group) is 1. The first-order valence-corrected chi connectivity index (χ1v) is 6.01. The van der Waals surface area contributed by atoms with Crippen molar-refractivity contribution >= 4 is 5.97 Å². The fourth-order valence-corrected chi connectivity index (χ4v) is 2.23. The van der Waals surface area contributed by atoms with Crippen LogP contribution in [-0.4, -0.2) is 40.6 Å². The molecule has 17 heavy (non-hydrogen) atoms. The zero-order valence-electron chi connectivity index (χ0n) is 10.1. The number of hydrogen-bond donors (Lipinski definition) is 1. The number of aliphatic carboxylic acids is 1. The highest BCUT2D eigenvalue weighted by Crippen LogP contribution is 2.19. The van der Waals surface area contributed by atoms with Gasteiger partial charge in [-0.3, -0.25) is 4.79 Å². The van der Waals surface area contributed by atoms with Gasteiger partial charge < -0.3 is 14.4 Å². The lowest BCUT2D eigenvalue weighted by atomic mass is 10.1. The normalized spacial score (nSPS) is 20.9. The molecule has 2 rings (SSSR count). The predicted octanol–water partition coefficient (Wildman–Crippen LogP) is 1.33. The van der Waals surface area contributed by atoms with E-state index in [-0.39, 0.29) is 6.42 Å². The molecule has 0 saturated carbocycles. The number of carboxylic acids is 1. The number of oxazole rings is 1. The zero-order chi connectivity index (χ0) is 12.3. The highest BCUT2D eigenvalue weighted by molar-refractivity contribution is 5.66. The highest BCUT2D eigenvalue weighted by Gasteiger charge is 2.22. The van der Waals surface area contributed by atoms with Crippen molar-refractivity contribution in [2.75, 3.05) is 13.6 Å². The van der Waals surface area contributed by atoms with E-state index in [0.717, 1.165) is 18.9 Å². The number of carboxylic acid groups (broad SMARTS) is 1. The molecule has 94 valence electrons. The number of likely N-dealkylation sites (tertiary alicyclic amines) is 1. The van der Waals surface area contributed by atoms with Crippen molar-refractivity contribution in [1.29, 1.82) is 0 Å². The first-order valence-electron chi connectivity index (χ1n) is 6.01. The summed E-state index contributed by atoms with van der Waals surface area (Å²) in [6.45, 7) is 1.14. The molecule has 1 fully saturated rings. The van der Waals surface area contributed by atoms with Crippen molar-refractivity contribution in [2.45, 2.75) is 38.1 Å². The summed E-state index contributed by atoms with van der Waals surface area (Å²) in [6.07, 6.45) is 5.40. The van der Waals surface area contributed by atoms with E-state index in [4.69, 9.17) is 9.52 Å². The smallest absolute Gasteiger partial charge is 0.303 e. The molecule has 1 saturated heterocycles. The van der Waals surface area contributed by atoms with Crippen LogP contribution in [0, 0.1) is 0 Å². The molecule has 1 aliphatic rings. The van der Waals surface area contributed by atoms with E-state index < -0.39 is 5.97 Å². The maximum atomic E-state index is 10.4. The number of hydrogen-bond acceptors (Lipinski definition) is 4. The fraction of sp³-hybridized carbons (Fsp3) is 0.667. The molecule has 1 atom stereocenters. The number of aryl methyl sites for hydroxylation is 1. The number of aromatic nitrogens is 1. The Morgan fingerprint density at radius 1 is 1.71 bits per heavy atom. The highest BCUT2D eigenvalue weighted by atomic mass is 16.4. The Labute approximate surface area is 100 Å². The Kier molecular flexibility index (Phi) is 3.78. The van der Waals surface area contributed by atoms with Crippen LogP contribution >= 0.6 is 0 Å². The van der Waals surface area contributed by atoms with Crippen LogP contribution in [-0.2, 0) is 17.6 Å². The maximum Gasteiger partial charge on any atom is 0.303 e. The minimum atomic E-state index is -0.807. The summed E-state index contributed by atoms with van der Waals surface area (Å²) in [5, 5.41) is 8.58. The third-order valence-corrected chi connectivity index (χ3v) is 3.27. The molecule has 1 aromatic heterocycles. The van der Waals surface area contributed by atoms with Crippen LogP contribution in [0.5, 0.6) is 0 Å². The molecule has 0 spiro atoms. The van der Waals surface area contributed by atoms with E-state index in [1.807, 2.05) is 0 Å². The summed E-state index contributed by atoms with van der Waals surface area (Å²) in [5.74, 6) is 0.589. The Morgan fingerprint density at radius 2 is 2.53 bits per heavy atom. The topological polar surface area (TPSA) is 66.6 Å². The molecule has 0 aromatic carbocycles. The Bertz CT molecular complexity index is 389. The Morgan fingerprint density at radius 3 is 3.18 bits per heavy atom. The lowest BCUT2D eigenvalue weighted by molar-refractivity contribution is -0.137. The minimum absolute atomic E-state index is 0.0952. The average molecular weight is 238 g/mol. The van der Waals surface area contributed by atoms with Gasteiger partial charge in [-0.05, 0) is 26.4 Å². The number of nitrogens with zero attached hydrogens (tertiary/aromatic N) is 2. The van der Waals surface area contributed by atoms with Gasteiger partial charge in [0.1, 0.15) is 5.76 Å². The second-order valence-electron chi connectivity index (χ2n) is 4.59. The molecular formula is C12H18N2O3. The van der Waals surface area contributed by atoms with Crippen LogP contribution in [0.1, 0.15) is 30.9 Å². The summed E-state index contributed by atoms with van der Waals surface area (Å²) in [4.78, 5) is 17.0. The summed E-state index contributed by atoms with van der Waals surface area (Å²) < 4.78 is 5.54. The molecule has 1 aliphatic heterocycles. The van der Waals surface area contributed by atoms with E-state index in [9.17, 15) is 4.79 Å². The molecular weight excluding hydrogens is 220 g/mol. The van der Waals surface area contributed by atoms with Gasteiger partial charge in [0.15, 0.2) is 5.89 Å². The van der Waals surface area contributed by atoms with E-state index in [0.29, 0.717) is 18.2 Å². The predicted molar refractivity (Wildman–Crippen MR) is 61.8 cm³/mol. The fourth-order valence-electron chi connectivity index (χ4n) is 2.23. The van der Waals surface area contributed by atoms with Crippen LogP contribution in [0.15, 0.2) is 10.6 Å². The summed E-state index contributed by atoms with van der Waals surface area (Å²) in [6, 6.07) is 0.515. The Balaban J connectivity index is 1.87. The maximum absolute atomic E-state index is 10.4. The molecule has 1 aromatic rings. The summed E-state index contributed by atoms with van der Waals surface area (Å²) in [7, 11) is 2.12. The minimum Gasteiger partial charge on any atom is -0.481 e. The molecule has 0 amide bonds. The van der Waals surface area contributed by atoms with Crippen molar-refractivity contribution < 1.29 is 14.3 Å². The van der Waals surface area contributed by atoms with Crippen molar-refractivity contribution in [3.05, 3.63) is 17.8 Å². The van der Waals surface area contributed by atoms with Gasteiger partial charge in [0, 0.05) is 18.9 Å². The van der Waals surface area contributed by atoms with Crippen LogP contribution in [0.25, 0.3) is 0 Å². The molecule has 1 N–H and O–H groups in total. The monoisotopic (exact) mass is 238 g/mol. The van der Waals surface area contributed by atoms with Gasteiger partial charge in [-0.1, -0.05) is 0 Å². The third kappa shape index (κ3) is 3.30. The van der Waals surface area contributed by atoms with Crippen molar-refractivity contribution in [3.8, 4) is 0 Å². The second-order valence-corrected chi connectivity index (χ2v) is 4.59. The second kappa shape index (κ2) is 5.31. The van der Waals surface area contributed by atoms with Gasteiger partial charge in [0.25, 0.3) is 0 Å². The first-order chi connectivity index (χ1) is 8.15. The standard InChI is InChI=1S/C12H18N2O3/c1-14-6-2-3-9(14)7-11-13-8-10(17-11)4-5-12(15)16/h8-9H,2-7H2,1H3,(H,15,16). The number of carbonyl (C=O) groups is 1. The van der Waals surface area contributed by atoms with Crippen LogP contribution in [0.2, 0.25) is 0 Å². The van der Waals surface area contributed by atoms with E-state index in [2.05, 4.69) is 16.9 Å². The van der Waals surface area contributed by atoms with Gasteiger partial charge in [0.05, 0.1) is 12.6 Å². The van der Waals surface area contributed by atoms with Gasteiger partial charge in [-0.25, -0.2) is 4.98 Å². The molecule has 1 unspecified atom stereocenters. The lowest BCUT2D eigenvalue weighted by Crippen LogP contribution is -2.26. The first kappa shape index (κ1) is 12.1. The molecule has 0 radical (unpaired) electrons.